The highest BCUT2D eigenvalue weighted by molar-refractivity contribution is 9.11. The minimum Gasteiger partial charge on any atom is -0.467 e. The fraction of sp³-hybridized carbons (Fsp3) is 0.231. The Hall–Kier alpha value is -0.580. The second-order valence-corrected chi connectivity index (χ2v) is 5.44. The van der Waals surface area contributed by atoms with Crippen LogP contribution in [0, 0.1) is 0 Å². The molecule has 2 aromatic rings. The molecule has 0 aliphatic carbocycles. The maximum absolute atomic E-state index is 5.50. The van der Waals surface area contributed by atoms with Gasteiger partial charge in [-0.1, -0.05) is 38.8 Å². The van der Waals surface area contributed by atoms with Crippen LogP contribution in [0.2, 0.25) is 0 Å². The Kier molecular flexibility index (Phi) is 4.42. The number of benzene rings is 1. The first-order chi connectivity index (χ1) is 8.22. The lowest BCUT2D eigenvalue weighted by atomic mass is 10.0. The van der Waals surface area contributed by atoms with Crippen LogP contribution in [0.4, 0.5) is 0 Å². The molecule has 0 aliphatic heterocycles. The van der Waals surface area contributed by atoms with Gasteiger partial charge in [-0.15, -0.1) is 0 Å². The molecule has 17 heavy (non-hydrogen) atoms. The van der Waals surface area contributed by atoms with E-state index in [1.165, 1.54) is 0 Å². The lowest BCUT2D eigenvalue weighted by Crippen LogP contribution is -2.21. The van der Waals surface area contributed by atoms with Gasteiger partial charge >= 0.3 is 0 Å². The maximum atomic E-state index is 5.50. The minimum atomic E-state index is 0.0712. The molecule has 2 rings (SSSR count). The van der Waals surface area contributed by atoms with Crippen LogP contribution in [0.5, 0.6) is 0 Å². The second-order valence-electron chi connectivity index (χ2n) is 3.67. The van der Waals surface area contributed by atoms with E-state index >= 15 is 0 Å². The van der Waals surface area contributed by atoms with Gasteiger partial charge in [0.2, 0.25) is 0 Å². The highest BCUT2D eigenvalue weighted by Crippen LogP contribution is 2.31. The Balaban J connectivity index is 2.42. The molecule has 0 fully saturated rings. The molecular formula is C13H13Br2NO. The summed E-state index contributed by atoms with van der Waals surface area (Å²) >= 11 is 7.08. The van der Waals surface area contributed by atoms with Crippen molar-refractivity contribution < 1.29 is 4.42 Å². The minimum absolute atomic E-state index is 0.0712. The van der Waals surface area contributed by atoms with Crippen molar-refractivity contribution in [1.82, 2.24) is 5.32 Å². The topological polar surface area (TPSA) is 25.2 Å². The molecule has 90 valence electrons. The van der Waals surface area contributed by atoms with Gasteiger partial charge in [-0.2, -0.15) is 0 Å². The first-order valence-electron chi connectivity index (χ1n) is 5.44. The molecule has 4 heteroatoms. The van der Waals surface area contributed by atoms with Crippen molar-refractivity contribution in [2.75, 3.05) is 6.54 Å². The van der Waals surface area contributed by atoms with Crippen LogP contribution in [0.3, 0.4) is 0 Å². The Morgan fingerprint density at radius 1 is 1.29 bits per heavy atom. The molecule has 1 heterocycles. The lowest BCUT2D eigenvalue weighted by Gasteiger charge is -2.17. The predicted molar refractivity (Wildman–Crippen MR) is 76.1 cm³/mol. The average molecular weight is 359 g/mol. The summed E-state index contributed by atoms with van der Waals surface area (Å²) in [4.78, 5) is 0. The molecule has 1 unspecified atom stereocenters. The monoisotopic (exact) mass is 357 g/mol. The van der Waals surface area contributed by atoms with E-state index in [0.717, 1.165) is 26.8 Å². The molecule has 0 spiro atoms. The molecule has 1 atom stereocenters. The average Bonchev–Trinajstić information content (AvgIpc) is 2.83. The summed E-state index contributed by atoms with van der Waals surface area (Å²) in [5.41, 5.74) is 1.16. The predicted octanol–water partition coefficient (Wildman–Crippen LogP) is 4.50. The van der Waals surface area contributed by atoms with Crippen LogP contribution < -0.4 is 5.32 Å². The highest BCUT2D eigenvalue weighted by atomic mass is 79.9. The van der Waals surface area contributed by atoms with Gasteiger partial charge < -0.3 is 9.73 Å². The SMILES string of the molecule is CCNC(c1ccco1)c1cc(Br)ccc1Br. The zero-order valence-corrected chi connectivity index (χ0v) is 12.6. The van der Waals surface area contributed by atoms with Crippen molar-refractivity contribution in [1.29, 1.82) is 0 Å². The van der Waals surface area contributed by atoms with Gasteiger partial charge in [0.15, 0.2) is 0 Å². The van der Waals surface area contributed by atoms with Crippen molar-refractivity contribution in [3.63, 3.8) is 0 Å². The molecule has 1 aromatic heterocycles. The van der Waals surface area contributed by atoms with E-state index in [9.17, 15) is 0 Å². The number of hydrogen-bond acceptors (Lipinski definition) is 2. The Bertz CT molecular complexity index is 482. The summed E-state index contributed by atoms with van der Waals surface area (Å²) in [7, 11) is 0. The molecule has 0 bridgehead atoms. The van der Waals surface area contributed by atoms with Gasteiger partial charge in [-0.3, -0.25) is 0 Å². The van der Waals surface area contributed by atoms with E-state index in [1.54, 1.807) is 6.26 Å². The quantitative estimate of drug-likeness (QED) is 0.870. The Morgan fingerprint density at radius 2 is 2.12 bits per heavy atom. The van der Waals surface area contributed by atoms with Crippen molar-refractivity contribution in [2.24, 2.45) is 0 Å². The van der Waals surface area contributed by atoms with E-state index < -0.39 is 0 Å². The summed E-state index contributed by atoms with van der Waals surface area (Å²) < 4.78 is 7.63. The van der Waals surface area contributed by atoms with E-state index in [4.69, 9.17) is 4.42 Å². The molecule has 2 nitrogen and oxygen atoms in total. The van der Waals surface area contributed by atoms with Gasteiger partial charge in [-0.25, -0.2) is 0 Å². The summed E-state index contributed by atoms with van der Waals surface area (Å²) in [5.74, 6) is 0.922. The molecular weight excluding hydrogens is 346 g/mol. The van der Waals surface area contributed by atoms with E-state index in [2.05, 4.69) is 50.2 Å². The third kappa shape index (κ3) is 3.00. The Morgan fingerprint density at radius 3 is 2.76 bits per heavy atom. The third-order valence-corrected chi connectivity index (χ3v) is 3.72. The van der Waals surface area contributed by atoms with Crippen LogP contribution in [0.25, 0.3) is 0 Å². The summed E-state index contributed by atoms with van der Waals surface area (Å²) in [6.45, 7) is 2.96. The fourth-order valence-corrected chi connectivity index (χ4v) is 2.61. The number of hydrogen-bond donors (Lipinski definition) is 1. The second kappa shape index (κ2) is 5.85. The first kappa shape index (κ1) is 12.9. The molecule has 1 aromatic carbocycles. The van der Waals surface area contributed by atoms with E-state index in [0.29, 0.717) is 0 Å². The molecule has 0 saturated heterocycles. The number of halogens is 2. The summed E-state index contributed by atoms with van der Waals surface area (Å²) in [6.07, 6.45) is 1.70. The molecule has 0 saturated carbocycles. The Labute approximate surface area is 118 Å². The first-order valence-corrected chi connectivity index (χ1v) is 7.02. The van der Waals surface area contributed by atoms with Crippen molar-refractivity contribution in [3.05, 3.63) is 56.9 Å². The van der Waals surface area contributed by atoms with Gasteiger partial charge in [0, 0.05) is 8.95 Å². The molecule has 0 radical (unpaired) electrons. The van der Waals surface area contributed by atoms with E-state index in [-0.39, 0.29) is 6.04 Å². The van der Waals surface area contributed by atoms with Gasteiger partial charge in [0.1, 0.15) is 5.76 Å². The van der Waals surface area contributed by atoms with Crippen molar-refractivity contribution in [2.45, 2.75) is 13.0 Å². The van der Waals surface area contributed by atoms with Crippen LogP contribution in [0.1, 0.15) is 24.3 Å². The van der Waals surface area contributed by atoms with Crippen molar-refractivity contribution >= 4 is 31.9 Å². The molecule has 0 aliphatic rings. The van der Waals surface area contributed by atoms with Crippen LogP contribution in [0.15, 0.2) is 50.0 Å². The van der Waals surface area contributed by atoms with Crippen LogP contribution in [-0.2, 0) is 0 Å². The zero-order chi connectivity index (χ0) is 12.3. The summed E-state index contributed by atoms with van der Waals surface area (Å²) in [6, 6.07) is 10.1. The van der Waals surface area contributed by atoms with Gasteiger partial charge in [0.05, 0.1) is 12.3 Å². The fourth-order valence-electron chi connectivity index (χ4n) is 1.76. The number of nitrogens with one attached hydrogen (secondary N) is 1. The van der Waals surface area contributed by atoms with Crippen LogP contribution in [-0.4, -0.2) is 6.54 Å². The van der Waals surface area contributed by atoms with Gasteiger partial charge in [0.25, 0.3) is 0 Å². The maximum Gasteiger partial charge on any atom is 0.125 e. The van der Waals surface area contributed by atoms with E-state index in [1.807, 2.05) is 24.3 Å². The van der Waals surface area contributed by atoms with Gasteiger partial charge in [-0.05, 0) is 42.4 Å². The van der Waals surface area contributed by atoms with Crippen LogP contribution >= 0.6 is 31.9 Å². The lowest BCUT2D eigenvalue weighted by molar-refractivity contribution is 0.451. The number of rotatable bonds is 4. The zero-order valence-electron chi connectivity index (χ0n) is 9.41. The molecule has 1 N–H and O–H groups in total. The smallest absolute Gasteiger partial charge is 0.125 e. The normalized spacial score (nSPS) is 12.6. The largest absolute Gasteiger partial charge is 0.467 e. The third-order valence-electron chi connectivity index (χ3n) is 2.50. The summed E-state index contributed by atoms with van der Waals surface area (Å²) in [5, 5.41) is 3.42. The molecule has 0 amide bonds. The van der Waals surface area contributed by atoms with Crippen molar-refractivity contribution in [3.8, 4) is 0 Å². The highest BCUT2D eigenvalue weighted by Gasteiger charge is 2.18. The number of furan rings is 1. The standard InChI is InChI=1S/C13H13Br2NO/c1-2-16-13(12-4-3-7-17-12)10-8-9(14)5-6-11(10)15/h3-8,13,16H,2H2,1H3.